The summed E-state index contributed by atoms with van der Waals surface area (Å²) in [5.74, 6) is 1.79. The highest BCUT2D eigenvalue weighted by molar-refractivity contribution is 14.1. The van der Waals surface area contributed by atoms with Crippen LogP contribution in [0.25, 0.3) is 0 Å². The van der Waals surface area contributed by atoms with Gasteiger partial charge >= 0.3 is 0 Å². The topological polar surface area (TPSA) is 84.6 Å². The van der Waals surface area contributed by atoms with Gasteiger partial charge in [-0.2, -0.15) is 10.2 Å². The third-order valence-electron chi connectivity index (χ3n) is 10.0. The van der Waals surface area contributed by atoms with Gasteiger partial charge in [0, 0.05) is 62.8 Å². The third kappa shape index (κ3) is 9.17. The van der Waals surface area contributed by atoms with Gasteiger partial charge in [0.1, 0.15) is 11.5 Å². The lowest BCUT2D eigenvalue weighted by molar-refractivity contribution is -0.101. The largest absolute Gasteiger partial charge is 0.496 e. The summed E-state index contributed by atoms with van der Waals surface area (Å²) in [5.41, 5.74) is 5.23. The molecule has 2 aliphatic rings. The van der Waals surface area contributed by atoms with Crippen molar-refractivity contribution in [3.05, 3.63) is 90.6 Å². The molecule has 2 saturated heterocycles. The van der Waals surface area contributed by atoms with Crippen molar-refractivity contribution >= 4 is 45.2 Å². The highest BCUT2D eigenvalue weighted by Gasteiger charge is 2.49. The normalized spacial score (nSPS) is 22.6. The van der Waals surface area contributed by atoms with Crippen LogP contribution in [0.1, 0.15) is 56.4 Å². The lowest BCUT2D eigenvalue weighted by Gasteiger charge is -2.59. The summed E-state index contributed by atoms with van der Waals surface area (Å²) >= 11 is 4.59. The summed E-state index contributed by atoms with van der Waals surface area (Å²) in [7, 11) is 3.47. The highest BCUT2D eigenvalue weighted by Crippen LogP contribution is 2.46. The van der Waals surface area contributed by atoms with Crippen molar-refractivity contribution in [1.82, 2.24) is 40.0 Å². The molecular weight excluding hydrogens is 842 g/mol. The minimum atomic E-state index is 0.222. The van der Waals surface area contributed by atoms with E-state index in [1.54, 1.807) is 14.2 Å². The van der Waals surface area contributed by atoms with E-state index < -0.39 is 0 Å². The maximum Gasteiger partial charge on any atom is 0.123 e. The second-order valence-electron chi connectivity index (χ2n) is 14.7. The Morgan fingerprint density at radius 2 is 1.12 bits per heavy atom. The Balaban J connectivity index is 1.04. The van der Waals surface area contributed by atoms with E-state index in [0.29, 0.717) is 13.1 Å². The van der Waals surface area contributed by atoms with E-state index in [1.807, 2.05) is 21.8 Å². The molecule has 10 nitrogen and oxygen atoms in total. The molecule has 2 fully saturated rings. The maximum atomic E-state index is 5.67. The monoisotopic (exact) mass is 892 g/mol. The second kappa shape index (κ2) is 15.6. The molecule has 264 valence electrons. The first-order chi connectivity index (χ1) is 23.4. The molecule has 0 amide bonds. The number of aromatic nitrogens is 4. The number of nitrogens with one attached hydrogen (secondary N) is 2. The Hall–Kier alpha value is -2.24. The van der Waals surface area contributed by atoms with Crippen LogP contribution in [0.4, 0.5) is 0 Å². The van der Waals surface area contributed by atoms with E-state index in [2.05, 4.69) is 152 Å². The van der Waals surface area contributed by atoms with Gasteiger partial charge in [-0.25, -0.2) is 0 Å². The fourth-order valence-electron chi connectivity index (χ4n) is 8.09. The number of methoxy groups -OCH3 is 2. The number of hydrogen-bond acceptors (Lipinski definition) is 8. The van der Waals surface area contributed by atoms with E-state index in [1.165, 1.54) is 17.5 Å². The maximum absolute atomic E-state index is 5.67. The molecule has 2 bridgehead atoms. The molecule has 0 radical (unpaired) electrons. The summed E-state index contributed by atoms with van der Waals surface area (Å²) in [6.07, 6.45) is 9.68. The second-order valence-corrected chi connectivity index (χ2v) is 17.2. The van der Waals surface area contributed by atoms with Crippen molar-refractivity contribution < 1.29 is 9.47 Å². The SMILES string of the molecule is COc1ccc(CNC(C)N2CC3(C)CN(C(C)NCc4ccc(OC)c(Cn5cc(I)cn5)c4)CC(C)(C2)C3)cc1Cn1cc(I)cn1. The number of nitrogens with zero attached hydrogens (tertiary/aromatic N) is 6. The average Bonchev–Trinajstić information content (AvgIpc) is 3.67. The average molecular weight is 893 g/mol. The fraction of sp³-hybridized carbons (Fsp3) is 0.514. The molecule has 2 atom stereocenters. The zero-order valence-electron chi connectivity index (χ0n) is 29.5. The van der Waals surface area contributed by atoms with Gasteiger partial charge in [0.2, 0.25) is 0 Å². The van der Waals surface area contributed by atoms with E-state index in [0.717, 1.165) is 69.0 Å². The summed E-state index contributed by atoms with van der Waals surface area (Å²) in [5, 5.41) is 16.6. The van der Waals surface area contributed by atoms with Crippen LogP contribution in [0.15, 0.2) is 61.2 Å². The van der Waals surface area contributed by atoms with Gasteiger partial charge in [0.05, 0.1) is 59.2 Å². The van der Waals surface area contributed by atoms with Crippen molar-refractivity contribution in [2.45, 2.75) is 72.6 Å². The molecule has 0 spiro atoms. The Kier molecular flexibility index (Phi) is 11.6. The minimum absolute atomic E-state index is 0.222. The van der Waals surface area contributed by atoms with Gasteiger partial charge in [0.15, 0.2) is 0 Å². The minimum Gasteiger partial charge on any atom is -0.496 e. The lowest BCUT2D eigenvalue weighted by atomic mass is 9.65. The van der Waals surface area contributed by atoms with Crippen molar-refractivity contribution in [2.75, 3.05) is 40.4 Å². The molecule has 2 N–H and O–H groups in total. The Labute approximate surface area is 318 Å². The molecule has 2 unspecified atom stereocenters. The van der Waals surface area contributed by atoms with Gasteiger partial charge in [-0.3, -0.25) is 29.8 Å². The van der Waals surface area contributed by atoms with Crippen LogP contribution in [0.5, 0.6) is 11.5 Å². The number of ether oxygens (including phenoxy) is 2. The molecule has 2 aromatic heterocycles. The first-order valence-corrected chi connectivity index (χ1v) is 19.2. The molecule has 0 aliphatic carbocycles. The zero-order chi connectivity index (χ0) is 34.8. The van der Waals surface area contributed by atoms with E-state index in [4.69, 9.17) is 9.47 Å². The predicted octanol–water partition coefficient (Wildman–Crippen LogP) is 6.01. The number of benzene rings is 2. The summed E-state index contributed by atoms with van der Waals surface area (Å²) in [6.45, 7) is 16.9. The van der Waals surface area contributed by atoms with Crippen LogP contribution < -0.4 is 20.1 Å². The first kappa shape index (κ1) is 36.5. The van der Waals surface area contributed by atoms with Gasteiger partial charge in [0.25, 0.3) is 0 Å². The molecule has 4 heterocycles. The van der Waals surface area contributed by atoms with Crippen molar-refractivity contribution in [1.29, 1.82) is 0 Å². The Morgan fingerprint density at radius 3 is 1.47 bits per heavy atom. The quantitative estimate of drug-likeness (QED) is 0.149. The van der Waals surface area contributed by atoms with Crippen LogP contribution in [0, 0.1) is 18.0 Å². The van der Waals surface area contributed by atoms with Gasteiger partial charge in [-0.15, -0.1) is 0 Å². The molecule has 2 aromatic carbocycles. The lowest BCUT2D eigenvalue weighted by Crippen LogP contribution is -2.66. The van der Waals surface area contributed by atoms with Gasteiger partial charge < -0.3 is 9.47 Å². The van der Waals surface area contributed by atoms with Crippen LogP contribution in [-0.4, -0.2) is 82.1 Å². The van der Waals surface area contributed by atoms with E-state index in [-0.39, 0.29) is 23.2 Å². The number of fused-ring (bicyclic) bond motifs is 2. The smallest absolute Gasteiger partial charge is 0.123 e. The Morgan fingerprint density at radius 1 is 0.714 bits per heavy atom. The van der Waals surface area contributed by atoms with Gasteiger partial charge in [-0.05, 0) is 112 Å². The molecule has 49 heavy (non-hydrogen) atoms. The van der Waals surface area contributed by atoms with Gasteiger partial charge in [-0.1, -0.05) is 26.0 Å². The molecule has 0 saturated carbocycles. The molecule has 6 rings (SSSR count). The van der Waals surface area contributed by atoms with E-state index in [9.17, 15) is 0 Å². The Bertz CT molecular complexity index is 1590. The van der Waals surface area contributed by atoms with Crippen molar-refractivity contribution in [3.8, 4) is 11.5 Å². The summed E-state index contributed by atoms with van der Waals surface area (Å²) in [4.78, 5) is 5.35. The molecular formula is C37H50I2N8O2. The van der Waals surface area contributed by atoms with Crippen LogP contribution >= 0.6 is 45.2 Å². The van der Waals surface area contributed by atoms with Crippen molar-refractivity contribution in [2.24, 2.45) is 10.8 Å². The zero-order valence-corrected chi connectivity index (χ0v) is 33.9. The fourth-order valence-corrected chi connectivity index (χ4v) is 8.99. The van der Waals surface area contributed by atoms with E-state index >= 15 is 0 Å². The van der Waals surface area contributed by atoms with Crippen molar-refractivity contribution in [3.63, 3.8) is 0 Å². The number of rotatable bonds is 14. The number of piperidine rings is 2. The molecule has 4 aromatic rings. The number of likely N-dealkylation sites (tertiary alicyclic amines) is 2. The molecule has 12 heteroatoms. The number of halogens is 2. The first-order valence-electron chi connectivity index (χ1n) is 17.1. The van der Waals surface area contributed by atoms with Crippen LogP contribution in [0.3, 0.4) is 0 Å². The summed E-state index contributed by atoms with van der Waals surface area (Å²) < 4.78 is 17.5. The molecule has 2 aliphatic heterocycles. The standard InChI is InChI=1S/C37H50I2N8O2/c1-26(40-13-28-7-9-34(48-5)30(11-28)17-46-19-32(38)15-42-46)44-22-36(3)21-37(4,23-44)25-45(24-36)27(2)41-14-29-8-10-35(49-6)31(12-29)18-47-20-33(39)16-43-47/h7-12,15-16,19-20,26-27,40-41H,13-14,17-18,21-25H2,1-6H3. The summed E-state index contributed by atoms with van der Waals surface area (Å²) in [6, 6.07) is 13.0. The number of hydrogen-bond donors (Lipinski definition) is 2. The third-order valence-corrected chi connectivity index (χ3v) is 11.2. The predicted molar refractivity (Wildman–Crippen MR) is 211 cm³/mol. The van der Waals surface area contributed by atoms with Crippen LogP contribution in [0.2, 0.25) is 0 Å². The highest BCUT2D eigenvalue weighted by atomic mass is 127. The van der Waals surface area contributed by atoms with Crippen LogP contribution in [-0.2, 0) is 26.2 Å².